The summed E-state index contributed by atoms with van der Waals surface area (Å²) in [5.74, 6) is 0.236. The Morgan fingerprint density at radius 2 is 1.55 bits per heavy atom. The predicted molar refractivity (Wildman–Crippen MR) is 154 cm³/mol. The standard InChI is InChI=1S/C33H41NO4/c1-22(2)26-11-13-27(14-12-26)31-23(3)19-29(20-24(31)4)38-21-33(5,6)17-15-25-7-9-28(10-8-25)32(37)34-18-16-30(35)36/h7-14,19-20,22H,15-18,21H2,1-6H3,(H,34,37)(H,35,36). The maximum atomic E-state index is 12.1. The molecule has 0 saturated heterocycles. The van der Waals surface area contributed by atoms with Gasteiger partial charge in [-0.05, 0) is 95.7 Å². The van der Waals surface area contributed by atoms with Gasteiger partial charge in [0.2, 0.25) is 0 Å². The van der Waals surface area contributed by atoms with Crippen molar-refractivity contribution in [2.24, 2.45) is 5.41 Å². The number of carboxylic acids is 1. The lowest BCUT2D eigenvalue weighted by Gasteiger charge is -2.25. The van der Waals surface area contributed by atoms with Gasteiger partial charge in [0.15, 0.2) is 0 Å². The Hall–Kier alpha value is -3.60. The van der Waals surface area contributed by atoms with E-state index in [0.717, 1.165) is 24.2 Å². The van der Waals surface area contributed by atoms with Gasteiger partial charge in [-0.1, -0.05) is 64.1 Å². The van der Waals surface area contributed by atoms with E-state index in [9.17, 15) is 9.59 Å². The number of rotatable bonds is 12. The molecule has 0 aliphatic rings. The van der Waals surface area contributed by atoms with Gasteiger partial charge in [-0.2, -0.15) is 0 Å². The monoisotopic (exact) mass is 515 g/mol. The molecule has 2 N–H and O–H groups in total. The summed E-state index contributed by atoms with van der Waals surface area (Å²) in [6.45, 7) is 13.9. The Kier molecular flexibility index (Phi) is 9.73. The van der Waals surface area contributed by atoms with E-state index in [1.54, 1.807) is 12.1 Å². The first-order valence-electron chi connectivity index (χ1n) is 13.4. The molecule has 5 nitrogen and oxygen atoms in total. The van der Waals surface area contributed by atoms with E-state index < -0.39 is 5.97 Å². The van der Waals surface area contributed by atoms with Crippen molar-refractivity contribution in [1.82, 2.24) is 5.32 Å². The number of carbonyl (C=O) groups excluding carboxylic acids is 1. The molecule has 202 valence electrons. The smallest absolute Gasteiger partial charge is 0.305 e. The second-order valence-electron chi connectivity index (χ2n) is 11.3. The number of carboxylic acid groups (broad SMARTS) is 1. The second kappa shape index (κ2) is 12.8. The van der Waals surface area contributed by atoms with E-state index >= 15 is 0 Å². The molecule has 0 unspecified atom stereocenters. The zero-order chi connectivity index (χ0) is 27.9. The molecular weight excluding hydrogens is 474 g/mol. The van der Waals surface area contributed by atoms with E-state index in [4.69, 9.17) is 9.84 Å². The highest BCUT2D eigenvalue weighted by atomic mass is 16.5. The Morgan fingerprint density at radius 3 is 2.11 bits per heavy atom. The number of carbonyl (C=O) groups is 2. The fourth-order valence-electron chi connectivity index (χ4n) is 4.54. The minimum atomic E-state index is -0.929. The lowest BCUT2D eigenvalue weighted by atomic mass is 9.87. The molecular formula is C33H41NO4. The van der Waals surface area contributed by atoms with Gasteiger partial charge in [0.1, 0.15) is 5.75 Å². The maximum absolute atomic E-state index is 12.1. The molecule has 5 heteroatoms. The van der Waals surface area contributed by atoms with Gasteiger partial charge >= 0.3 is 5.97 Å². The number of aliphatic carboxylic acids is 1. The lowest BCUT2D eigenvalue weighted by molar-refractivity contribution is -0.136. The van der Waals surface area contributed by atoms with E-state index in [0.29, 0.717) is 18.1 Å². The minimum Gasteiger partial charge on any atom is -0.493 e. The number of amides is 1. The van der Waals surface area contributed by atoms with Crippen LogP contribution in [0.1, 0.15) is 79.1 Å². The van der Waals surface area contributed by atoms with Crippen molar-refractivity contribution in [3.8, 4) is 16.9 Å². The van der Waals surface area contributed by atoms with Gasteiger partial charge in [-0.25, -0.2) is 0 Å². The summed E-state index contributed by atoms with van der Waals surface area (Å²) in [6, 6.07) is 20.6. The number of nitrogens with one attached hydrogen (secondary N) is 1. The van der Waals surface area contributed by atoms with Crippen molar-refractivity contribution in [1.29, 1.82) is 0 Å². The van der Waals surface area contributed by atoms with Crippen LogP contribution in [0.3, 0.4) is 0 Å². The molecule has 0 fully saturated rings. The first-order chi connectivity index (χ1) is 17.9. The van der Waals surface area contributed by atoms with Crippen LogP contribution >= 0.6 is 0 Å². The molecule has 0 atom stereocenters. The topological polar surface area (TPSA) is 75.6 Å². The summed E-state index contributed by atoms with van der Waals surface area (Å²) >= 11 is 0. The summed E-state index contributed by atoms with van der Waals surface area (Å²) < 4.78 is 6.27. The summed E-state index contributed by atoms with van der Waals surface area (Å²) in [5.41, 5.74) is 7.93. The Labute approximate surface area is 227 Å². The normalized spacial score (nSPS) is 11.4. The minimum absolute atomic E-state index is 0.0277. The number of hydrogen-bond donors (Lipinski definition) is 2. The van der Waals surface area contributed by atoms with Crippen LogP contribution in [0.4, 0.5) is 0 Å². The van der Waals surface area contributed by atoms with E-state index in [-0.39, 0.29) is 24.3 Å². The van der Waals surface area contributed by atoms with Crippen molar-refractivity contribution in [2.45, 2.75) is 66.7 Å². The van der Waals surface area contributed by atoms with Gasteiger partial charge in [-0.3, -0.25) is 9.59 Å². The summed E-state index contributed by atoms with van der Waals surface area (Å²) in [4.78, 5) is 22.7. The largest absolute Gasteiger partial charge is 0.493 e. The molecule has 0 spiro atoms. The van der Waals surface area contributed by atoms with Gasteiger partial charge in [0.05, 0.1) is 13.0 Å². The van der Waals surface area contributed by atoms with Crippen molar-refractivity contribution in [3.63, 3.8) is 0 Å². The van der Waals surface area contributed by atoms with Gasteiger partial charge in [-0.15, -0.1) is 0 Å². The van der Waals surface area contributed by atoms with E-state index in [1.807, 2.05) is 12.1 Å². The zero-order valence-corrected chi connectivity index (χ0v) is 23.6. The fraction of sp³-hybridized carbons (Fsp3) is 0.394. The number of ether oxygens (including phenoxy) is 1. The van der Waals surface area contributed by atoms with Crippen LogP contribution in [0.15, 0.2) is 60.7 Å². The van der Waals surface area contributed by atoms with Crippen molar-refractivity contribution >= 4 is 11.9 Å². The maximum Gasteiger partial charge on any atom is 0.305 e. The molecule has 3 rings (SSSR count). The van der Waals surface area contributed by atoms with Crippen LogP contribution in [0, 0.1) is 19.3 Å². The molecule has 1 amide bonds. The van der Waals surface area contributed by atoms with E-state index in [1.165, 1.54) is 27.8 Å². The van der Waals surface area contributed by atoms with Gasteiger partial charge in [0, 0.05) is 12.1 Å². The van der Waals surface area contributed by atoms with Gasteiger partial charge in [0.25, 0.3) is 5.91 Å². The molecule has 0 bridgehead atoms. The molecule has 0 heterocycles. The first kappa shape index (κ1) is 29.0. The second-order valence-corrected chi connectivity index (χ2v) is 11.3. The highest BCUT2D eigenvalue weighted by Crippen LogP contribution is 2.33. The average molecular weight is 516 g/mol. The molecule has 38 heavy (non-hydrogen) atoms. The first-order valence-corrected chi connectivity index (χ1v) is 13.4. The number of benzene rings is 3. The molecule has 3 aromatic carbocycles. The van der Waals surface area contributed by atoms with Crippen LogP contribution in [0.25, 0.3) is 11.1 Å². The lowest BCUT2D eigenvalue weighted by Crippen LogP contribution is -2.26. The average Bonchev–Trinajstić information content (AvgIpc) is 2.86. The Bertz CT molecular complexity index is 1220. The third-order valence-corrected chi connectivity index (χ3v) is 6.93. The molecule has 0 aromatic heterocycles. The van der Waals surface area contributed by atoms with Crippen LogP contribution in [0.2, 0.25) is 0 Å². The van der Waals surface area contributed by atoms with Crippen LogP contribution in [-0.4, -0.2) is 30.1 Å². The SMILES string of the molecule is Cc1cc(OCC(C)(C)CCc2ccc(C(=O)NCCC(=O)O)cc2)cc(C)c1-c1ccc(C(C)C)cc1. The molecule has 0 aliphatic heterocycles. The van der Waals surface area contributed by atoms with Crippen LogP contribution in [0.5, 0.6) is 5.75 Å². The van der Waals surface area contributed by atoms with Crippen molar-refractivity contribution in [2.75, 3.05) is 13.2 Å². The summed E-state index contributed by atoms with van der Waals surface area (Å²) in [6.07, 6.45) is 1.73. The predicted octanol–water partition coefficient (Wildman–Crippen LogP) is 7.34. The number of aryl methyl sites for hydroxylation is 3. The third kappa shape index (κ3) is 8.20. The quantitative estimate of drug-likeness (QED) is 0.265. The highest BCUT2D eigenvalue weighted by molar-refractivity contribution is 5.94. The van der Waals surface area contributed by atoms with Crippen molar-refractivity contribution in [3.05, 3.63) is 88.5 Å². The Balaban J connectivity index is 1.55. The third-order valence-electron chi connectivity index (χ3n) is 6.93. The Morgan fingerprint density at radius 1 is 0.947 bits per heavy atom. The molecule has 0 aliphatic carbocycles. The molecule has 0 saturated carbocycles. The summed E-state index contributed by atoms with van der Waals surface area (Å²) in [7, 11) is 0. The van der Waals surface area contributed by atoms with E-state index in [2.05, 4.69) is 83.3 Å². The van der Waals surface area contributed by atoms with Crippen molar-refractivity contribution < 1.29 is 19.4 Å². The number of hydrogen-bond acceptors (Lipinski definition) is 3. The van der Waals surface area contributed by atoms with Crippen LogP contribution < -0.4 is 10.1 Å². The molecule has 0 radical (unpaired) electrons. The summed E-state index contributed by atoms with van der Waals surface area (Å²) in [5, 5.41) is 11.3. The molecule has 3 aromatic rings. The zero-order valence-electron chi connectivity index (χ0n) is 23.6. The highest BCUT2D eigenvalue weighted by Gasteiger charge is 2.20. The van der Waals surface area contributed by atoms with Gasteiger partial charge < -0.3 is 15.2 Å². The van der Waals surface area contributed by atoms with Crippen LogP contribution in [-0.2, 0) is 11.2 Å². The fourth-order valence-corrected chi connectivity index (χ4v) is 4.54.